The van der Waals surface area contributed by atoms with Crippen LogP contribution in [-0.4, -0.2) is 37.9 Å². The molecule has 0 radical (unpaired) electrons. The first kappa shape index (κ1) is 23.4. The zero-order valence-corrected chi connectivity index (χ0v) is 20.1. The van der Waals surface area contributed by atoms with Crippen LogP contribution in [0.3, 0.4) is 0 Å². The molecular formula is C28H26O9. The van der Waals surface area contributed by atoms with Crippen molar-refractivity contribution in [2.45, 2.75) is 19.1 Å². The molecule has 4 aliphatic rings. The Labute approximate surface area is 213 Å². The predicted molar refractivity (Wildman–Crippen MR) is 129 cm³/mol. The number of fused-ring (bicyclic) bond motifs is 3. The van der Waals surface area contributed by atoms with Gasteiger partial charge in [0.1, 0.15) is 11.5 Å². The first-order valence-corrected chi connectivity index (χ1v) is 12.0. The third kappa shape index (κ3) is 4.75. The van der Waals surface area contributed by atoms with Crippen molar-refractivity contribution in [3.8, 4) is 34.5 Å². The second kappa shape index (κ2) is 9.84. The van der Waals surface area contributed by atoms with E-state index in [0.717, 1.165) is 34.1 Å². The van der Waals surface area contributed by atoms with Crippen molar-refractivity contribution in [3.63, 3.8) is 0 Å². The predicted octanol–water partition coefficient (Wildman–Crippen LogP) is 4.54. The molecule has 1 N–H and O–H groups in total. The van der Waals surface area contributed by atoms with E-state index in [9.17, 15) is 4.79 Å². The molecule has 9 nitrogen and oxygen atoms in total. The Kier molecular flexibility index (Phi) is 6.23. The molecule has 4 atom stereocenters. The second-order valence-corrected chi connectivity index (χ2v) is 9.15. The fourth-order valence-corrected chi connectivity index (χ4v) is 5.09. The number of aromatic hydroxyl groups is 1. The molecule has 9 heteroatoms. The summed E-state index contributed by atoms with van der Waals surface area (Å²) >= 11 is 0. The molecule has 0 saturated carbocycles. The largest absolute Gasteiger partial charge is 0.508 e. The normalized spacial score (nSPS) is 24.2. The Morgan fingerprint density at radius 3 is 1.70 bits per heavy atom. The number of hydrogen-bond donors (Lipinski definition) is 1. The van der Waals surface area contributed by atoms with Gasteiger partial charge in [0.25, 0.3) is 0 Å². The van der Waals surface area contributed by atoms with E-state index in [1.807, 2.05) is 24.3 Å². The van der Waals surface area contributed by atoms with Crippen LogP contribution in [0, 0.1) is 11.8 Å². The number of hydrogen-bond acceptors (Lipinski definition) is 9. The Morgan fingerprint density at radius 2 is 1.22 bits per heavy atom. The molecule has 3 aromatic rings. The maximum Gasteiger partial charge on any atom is 0.308 e. The van der Waals surface area contributed by atoms with Gasteiger partial charge in [0, 0.05) is 18.8 Å². The minimum Gasteiger partial charge on any atom is -0.508 e. The first-order chi connectivity index (χ1) is 18.0. The van der Waals surface area contributed by atoms with Gasteiger partial charge in [-0.1, -0.05) is 12.1 Å². The van der Waals surface area contributed by atoms with Crippen LogP contribution in [0.15, 0.2) is 60.7 Å². The Hall–Kier alpha value is -3.95. The number of carbonyl (C=O) groups excluding carboxylic acids is 1. The van der Waals surface area contributed by atoms with Crippen LogP contribution in [0.25, 0.3) is 0 Å². The molecule has 37 heavy (non-hydrogen) atoms. The van der Waals surface area contributed by atoms with E-state index >= 15 is 0 Å². The number of esters is 1. The maximum absolute atomic E-state index is 10.4. The van der Waals surface area contributed by atoms with Gasteiger partial charge in [-0.05, 0) is 59.7 Å². The molecule has 2 fully saturated rings. The van der Waals surface area contributed by atoms with Crippen LogP contribution in [0.2, 0.25) is 0 Å². The lowest BCUT2D eigenvalue weighted by Crippen LogP contribution is -2.14. The lowest BCUT2D eigenvalue weighted by atomic mass is 9.85. The van der Waals surface area contributed by atoms with Crippen LogP contribution < -0.4 is 23.7 Å². The van der Waals surface area contributed by atoms with Gasteiger partial charge in [-0.3, -0.25) is 4.79 Å². The monoisotopic (exact) mass is 506 g/mol. The SMILES string of the molecule is CC(=O)Oc1ccc(O)cc1.c1cc2c(cc1C1OCC3C(c4ccc5c(c4)OCO5)OCC13)OCO2. The molecule has 4 heterocycles. The van der Waals surface area contributed by atoms with Crippen LogP contribution in [-0.2, 0) is 14.3 Å². The van der Waals surface area contributed by atoms with Gasteiger partial charge in [0.15, 0.2) is 23.0 Å². The standard InChI is InChI=1S/C20H18O6.C8H8O3/c1-3-15-17(25-9-23-15)5-11(1)19-13-7-22-20(14(13)8-21-19)12-2-4-16-18(6-12)26-10-24-16;1-6(9)11-8-4-2-7(10)3-5-8/h1-6,13-14,19-20H,7-10H2;2-5,10H,1H3. The smallest absolute Gasteiger partial charge is 0.308 e. The maximum atomic E-state index is 10.4. The van der Waals surface area contributed by atoms with Gasteiger partial charge in [0.2, 0.25) is 13.6 Å². The average molecular weight is 507 g/mol. The Balaban J connectivity index is 0.000000194. The lowest BCUT2D eigenvalue weighted by molar-refractivity contribution is -0.131. The van der Waals surface area contributed by atoms with E-state index < -0.39 is 0 Å². The first-order valence-electron chi connectivity index (χ1n) is 12.0. The molecule has 0 aromatic heterocycles. The number of ether oxygens (including phenoxy) is 7. The molecule has 4 aliphatic heterocycles. The molecule has 192 valence electrons. The Bertz CT molecular complexity index is 1220. The fourth-order valence-electron chi connectivity index (χ4n) is 5.09. The molecule has 7 rings (SSSR count). The minimum atomic E-state index is -0.365. The van der Waals surface area contributed by atoms with Gasteiger partial charge in [-0.2, -0.15) is 0 Å². The van der Waals surface area contributed by atoms with Gasteiger partial charge < -0.3 is 38.3 Å². The van der Waals surface area contributed by atoms with Crippen molar-refractivity contribution in [3.05, 3.63) is 71.8 Å². The molecule has 2 saturated heterocycles. The molecule has 0 aliphatic carbocycles. The summed E-state index contributed by atoms with van der Waals surface area (Å²) in [6, 6.07) is 18.1. The van der Waals surface area contributed by atoms with Crippen LogP contribution >= 0.6 is 0 Å². The van der Waals surface area contributed by atoms with Gasteiger partial charge in [-0.25, -0.2) is 0 Å². The quantitative estimate of drug-likeness (QED) is 0.405. The second-order valence-electron chi connectivity index (χ2n) is 9.15. The molecule has 0 spiro atoms. The van der Waals surface area contributed by atoms with Crippen molar-refractivity contribution in [1.82, 2.24) is 0 Å². The van der Waals surface area contributed by atoms with Gasteiger partial charge in [-0.15, -0.1) is 0 Å². The third-order valence-electron chi connectivity index (χ3n) is 6.81. The minimum absolute atomic E-state index is 0.0218. The number of benzene rings is 3. The molecule has 4 unspecified atom stereocenters. The topological polar surface area (TPSA) is 102 Å². The van der Waals surface area contributed by atoms with Crippen molar-refractivity contribution in [2.75, 3.05) is 26.8 Å². The highest BCUT2D eigenvalue weighted by Gasteiger charge is 2.48. The average Bonchev–Trinajstić information content (AvgIpc) is 3.68. The van der Waals surface area contributed by atoms with Gasteiger partial charge >= 0.3 is 5.97 Å². The summed E-state index contributed by atoms with van der Waals surface area (Å²) in [5.74, 6) is 4.05. The zero-order valence-electron chi connectivity index (χ0n) is 20.1. The molecular weight excluding hydrogens is 480 g/mol. The van der Waals surface area contributed by atoms with Crippen molar-refractivity contribution >= 4 is 5.97 Å². The number of phenolic OH excluding ortho intramolecular Hbond substituents is 1. The van der Waals surface area contributed by atoms with Gasteiger partial charge in [0.05, 0.1) is 25.4 Å². The Morgan fingerprint density at radius 1 is 0.730 bits per heavy atom. The summed E-state index contributed by atoms with van der Waals surface area (Å²) in [6.45, 7) is 3.26. The summed E-state index contributed by atoms with van der Waals surface area (Å²) in [5.41, 5.74) is 2.24. The fraction of sp³-hybridized carbons (Fsp3) is 0.321. The van der Waals surface area contributed by atoms with E-state index in [0.29, 0.717) is 30.8 Å². The zero-order chi connectivity index (χ0) is 25.4. The highest BCUT2D eigenvalue weighted by Crippen LogP contribution is 2.52. The highest BCUT2D eigenvalue weighted by atomic mass is 16.7. The number of carbonyl (C=O) groups is 1. The number of rotatable bonds is 3. The van der Waals surface area contributed by atoms with Crippen LogP contribution in [0.4, 0.5) is 0 Å². The molecule has 3 aromatic carbocycles. The summed E-state index contributed by atoms with van der Waals surface area (Å²) in [7, 11) is 0. The third-order valence-corrected chi connectivity index (χ3v) is 6.81. The molecule has 0 bridgehead atoms. The van der Waals surface area contributed by atoms with Crippen LogP contribution in [0.5, 0.6) is 34.5 Å². The summed E-state index contributed by atoms with van der Waals surface area (Å²) < 4.78 is 38.9. The molecule has 0 amide bonds. The van der Waals surface area contributed by atoms with Crippen molar-refractivity contribution in [2.24, 2.45) is 11.8 Å². The lowest BCUT2D eigenvalue weighted by Gasteiger charge is -2.17. The number of phenols is 1. The van der Waals surface area contributed by atoms with Crippen molar-refractivity contribution < 1.29 is 43.1 Å². The highest BCUT2D eigenvalue weighted by molar-refractivity contribution is 5.69. The van der Waals surface area contributed by atoms with E-state index in [4.69, 9.17) is 38.3 Å². The van der Waals surface area contributed by atoms with Crippen molar-refractivity contribution in [1.29, 1.82) is 0 Å². The van der Waals surface area contributed by atoms with Crippen LogP contribution in [0.1, 0.15) is 30.3 Å². The summed E-state index contributed by atoms with van der Waals surface area (Å²) in [6.07, 6.45) is 0.0435. The van der Waals surface area contributed by atoms with E-state index in [1.165, 1.54) is 31.2 Å². The van der Waals surface area contributed by atoms with E-state index in [1.54, 1.807) is 0 Å². The summed E-state index contributed by atoms with van der Waals surface area (Å²) in [4.78, 5) is 10.4. The van der Waals surface area contributed by atoms with E-state index in [-0.39, 0.29) is 37.5 Å². The van der Waals surface area contributed by atoms with E-state index in [2.05, 4.69) is 12.1 Å². The summed E-state index contributed by atoms with van der Waals surface area (Å²) in [5, 5.41) is 8.85.